The lowest BCUT2D eigenvalue weighted by Crippen LogP contribution is -2.48. The summed E-state index contributed by atoms with van der Waals surface area (Å²) < 4.78 is 12.6. The minimum atomic E-state index is -0.0486. The maximum Gasteiger partial charge on any atom is 0.173 e. The minimum Gasteiger partial charge on any atom is -0.496 e. The van der Waals surface area contributed by atoms with Crippen molar-refractivity contribution in [3.05, 3.63) is 70.5 Å². The molecular weight excluding hydrogens is 463 g/mol. The molecule has 4 rings (SSSR count). The molecule has 2 heterocycles. The Morgan fingerprint density at radius 1 is 1.00 bits per heavy atom. The third-order valence-electron chi connectivity index (χ3n) is 5.86. The van der Waals surface area contributed by atoms with Crippen molar-refractivity contribution in [2.24, 2.45) is 0 Å². The first-order valence-corrected chi connectivity index (χ1v) is 11.2. The number of hydrogen-bond acceptors (Lipinski definition) is 7. The second-order valence-electron chi connectivity index (χ2n) is 7.83. The molecule has 0 amide bonds. The Hall–Kier alpha value is -2.23. The van der Waals surface area contributed by atoms with E-state index in [4.69, 9.17) is 21.1 Å². The van der Waals surface area contributed by atoms with Gasteiger partial charge in [-0.2, -0.15) is 0 Å². The maximum absolute atomic E-state index is 6.16. The van der Waals surface area contributed by atoms with E-state index in [1.165, 1.54) is 5.56 Å². The quantitative estimate of drug-likeness (QED) is 0.453. The summed E-state index contributed by atoms with van der Waals surface area (Å²) in [6.07, 6.45) is 0. The lowest BCUT2D eigenvalue weighted by Gasteiger charge is -2.39. The highest BCUT2D eigenvalue weighted by Gasteiger charge is 2.30. The normalized spacial score (nSPS) is 15.7. The highest BCUT2D eigenvalue weighted by molar-refractivity contribution is 6.30. The number of tetrazole rings is 1. The van der Waals surface area contributed by atoms with Gasteiger partial charge in [0.05, 0.1) is 26.3 Å². The Morgan fingerprint density at radius 3 is 2.42 bits per heavy atom. The largest absolute Gasteiger partial charge is 0.496 e. The fourth-order valence-electron chi connectivity index (χ4n) is 4.17. The zero-order chi connectivity index (χ0) is 22.3. The fraction of sp³-hybridized carbons (Fsp3) is 0.435. The average Bonchev–Trinajstić information content (AvgIpc) is 3.28. The number of nitrogens with zero attached hydrogens (tertiary/aromatic N) is 6. The van der Waals surface area contributed by atoms with Crippen LogP contribution in [-0.2, 0) is 17.8 Å². The number of rotatable bonds is 9. The predicted molar refractivity (Wildman–Crippen MR) is 130 cm³/mol. The molecule has 0 spiro atoms. The summed E-state index contributed by atoms with van der Waals surface area (Å²) in [6, 6.07) is 16.1. The first-order chi connectivity index (χ1) is 15.7. The third kappa shape index (κ3) is 6.22. The van der Waals surface area contributed by atoms with Crippen molar-refractivity contribution < 1.29 is 9.47 Å². The zero-order valence-electron chi connectivity index (χ0n) is 18.9. The smallest absolute Gasteiger partial charge is 0.173 e. The molecule has 0 aliphatic carbocycles. The standard InChI is InChI=1S/C23H29ClN6O2.ClH/c1-31-16-15-30-23(25-26-27-30)22(18-7-9-20(24)10-8-18)29-13-11-28(12-14-29)17-19-5-3-4-6-21(19)32-2;/h3-10,22H,11-17H2,1-2H3;1H. The number of aromatic nitrogens is 4. The van der Waals surface area contributed by atoms with Gasteiger partial charge in [-0.3, -0.25) is 9.80 Å². The summed E-state index contributed by atoms with van der Waals surface area (Å²) in [4.78, 5) is 4.90. The molecule has 1 aliphatic heterocycles. The molecule has 2 aromatic carbocycles. The van der Waals surface area contributed by atoms with Crippen LogP contribution in [0, 0.1) is 0 Å². The zero-order valence-corrected chi connectivity index (χ0v) is 20.5. The average molecular weight is 493 g/mol. The molecule has 1 unspecified atom stereocenters. The highest BCUT2D eigenvalue weighted by atomic mass is 35.5. The molecule has 1 fully saturated rings. The molecule has 33 heavy (non-hydrogen) atoms. The first kappa shape index (κ1) is 25.4. The van der Waals surface area contributed by atoms with Crippen molar-refractivity contribution in [2.45, 2.75) is 19.1 Å². The van der Waals surface area contributed by atoms with E-state index in [-0.39, 0.29) is 18.4 Å². The lowest BCUT2D eigenvalue weighted by molar-refractivity contribution is 0.0983. The number of para-hydroxylation sites is 1. The second kappa shape index (κ2) is 12.3. The Bertz CT molecular complexity index is 993. The number of hydrogen-bond donors (Lipinski definition) is 0. The molecule has 0 bridgehead atoms. The second-order valence-corrected chi connectivity index (χ2v) is 8.27. The van der Waals surface area contributed by atoms with Crippen LogP contribution in [0.1, 0.15) is 23.0 Å². The van der Waals surface area contributed by atoms with E-state index in [1.54, 1.807) is 14.2 Å². The summed E-state index contributed by atoms with van der Waals surface area (Å²) in [5.74, 6) is 1.76. The van der Waals surface area contributed by atoms with Gasteiger partial charge in [-0.15, -0.1) is 17.5 Å². The Kier molecular flexibility index (Phi) is 9.46. The van der Waals surface area contributed by atoms with Crippen molar-refractivity contribution in [3.63, 3.8) is 0 Å². The number of ether oxygens (including phenoxy) is 2. The fourth-order valence-corrected chi connectivity index (χ4v) is 4.29. The van der Waals surface area contributed by atoms with Gasteiger partial charge in [-0.05, 0) is 34.2 Å². The molecule has 1 atom stereocenters. The van der Waals surface area contributed by atoms with Crippen LogP contribution >= 0.6 is 24.0 Å². The topological polar surface area (TPSA) is 68.5 Å². The summed E-state index contributed by atoms with van der Waals surface area (Å²) in [5.41, 5.74) is 2.34. The number of benzene rings is 2. The first-order valence-electron chi connectivity index (χ1n) is 10.8. The molecule has 8 nitrogen and oxygen atoms in total. The van der Waals surface area contributed by atoms with Crippen LogP contribution in [0.5, 0.6) is 5.75 Å². The van der Waals surface area contributed by atoms with Gasteiger partial charge in [0.25, 0.3) is 0 Å². The van der Waals surface area contributed by atoms with Gasteiger partial charge < -0.3 is 9.47 Å². The van der Waals surface area contributed by atoms with Gasteiger partial charge >= 0.3 is 0 Å². The summed E-state index contributed by atoms with van der Waals surface area (Å²) in [6.45, 7) is 5.73. The predicted octanol–water partition coefficient (Wildman–Crippen LogP) is 3.31. The Balaban J connectivity index is 0.00000306. The van der Waals surface area contributed by atoms with Crippen LogP contribution in [0.15, 0.2) is 48.5 Å². The van der Waals surface area contributed by atoms with E-state index >= 15 is 0 Å². The van der Waals surface area contributed by atoms with Crippen LogP contribution in [0.3, 0.4) is 0 Å². The molecule has 3 aromatic rings. The van der Waals surface area contributed by atoms with Crippen molar-refractivity contribution in [2.75, 3.05) is 47.0 Å². The summed E-state index contributed by atoms with van der Waals surface area (Å²) in [7, 11) is 3.41. The van der Waals surface area contributed by atoms with Gasteiger partial charge in [0.1, 0.15) is 5.75 Å². The summed E-state index contributed by atoms with van der Waals surface area (Å²) >= 11 is 6.16. The lowest BCUT2D eigenvalue weighted by atomic mass is 10.0. The van der Waals surface area contributed by atoms with Crippen molar-refractivity contribution in [1.29, 1.82) is 0 Å². The monoisotopic (exact) mass is 492 g/mol. The van der Waals surface area contributed by atoms with Gasteiger partial charge in [0.2, 0.25) is 0 Å². The minimum absolute atomic E-state index is 0. The highest BCUT2D eigenvalue weighted by Crippen LogP contribution is 2.29. The molecule has 0 radical (unpaired) electrons. The van der Waals surface area contributed by atoms with E-state index in [2.05, 4.69) is 49.6 Å². The molecule has 10 heteroatoms. The molecule has 0 saturated carbocycles. The number of piperazine rings is 1. The summed E-state index contributed by atoms with van der Waals surface area (Å²) in [5, 5.41) is 13.3. The van der Waals surface area contributed by atoms with Gasteiger partial charge in [-0.25, -0.2) is 4.68 Å². The van der Waals surface area contributed by atoms with Crippen LogP contribution < -0.4 is 4.74 Å². The molecular formula is C23H30Cl2N6O2. The molecule has 1 aromatic heterocycles. The number of methoxy groups -OCH3 is 2. The van der Waals surface area contributed by atoms with Crippen LogP contribution in [0.25, 0.3) is 0 Å². The molecule has 0 N–H and O–H groups in total. The van der Waals surface area contributed by atoms with E-state index in [9.17, 15) is 0 Å². The molecule has 1 aliphatic rings. The van der Waals surface area contributed by atoms with Crippen LogP contribution in [0.2, 0.25) is 5.02 Å². The third-order valence-corrected chi connectivity index (χ3v) is 6.11. The Labute approximate surface area is 205 Å². The maximum atomic E-state index is 6.16. The van der Waals surface area contributed by atoms with Crippen LogP contribution in [-0.4, -0.2) is 77.0 Å². The van der Waals surface area contributed by atoms with Crippen molar-refractivity contribution in [3.8, 4) is 5.75 Å². The van der Waals surface area contributed by atoms with E-state index in [1.807, 2.05) is 28.9 Å². The van der Waals surface area contributed by atoms with Crippen molar-refractivity contribution >= 4 is 24.0 Å². The van der Waals surface area contributed by atoms with Crippen LogP contribution in [0.4, 0.5) is 0 Å². The van der Waals surface area contributed by atoms with Gasteiger partial charge in [0.15, 0.2) is 5.82 Å². The molecule has 178 valence electrons. The Morgan fingerprint density at radius 2 is 1.73 bits per heavy atom. The van der Waals surface area contributed by atoms with Gasteiger partial charge in [0, 0.05) is 50.4 Å². The van der Waals surface area contributed by atoms with E-state index in [0.717, 1.165) is 49.9 Å². The van der Waals surface area contributed by atoms with E-state index < -0.39 is 0 Å². The SMILES string of the molecule is COCCn1nnnc1C(c1ccc(Cl)cc1)N1CCN(Cc2ccccc2OC)CC1.Cl. The molecule has 1 saturated heterocycles. The van der Waals surface area contributed by atoms with Crippen molar-refractivity contribution in [1.82, 2.24) is 30.0 Å². The number of halogens is 2. The van der Waals surface area contributed by atoms with Gasteiger partial charge in [-0.1, -0.05) is 41.9 Å². The van der Waals surface area contributed by atoms with E-state index in [0.29, 0.717) is 18.2 Å².